The molecular weight excluding hydrogens is 330 g/mol. The maximum Gasteiger partial charge on any atom is 0.267 e. The van der Waals surface area contributed by atoms with Crippen molar-refractivity contribution < 1.29 is 14.3 Å². The topological polar surface area (TPSA) is 77.7 Å². The molecule has 2 bridgehead atoms. The van der Waals surface area contributed by atoms with E-state index < -0.39 is 5.91 Å². The highest BCUT2D eigenvalue weighted by atomic mass is 16.5. The number of carbonyl (C=O) groups excluding carboxylic acids is 1. The Morgan fingerprint density at radius 2 is 2.08 bits per heavy atom. The average molecular weight is 359 g/mol. The minimum Gasteiger partial charge on any atom is -0.380 e. The quantitative estimate of drug-likeness (QED) is 0.889. The van der Waals surface area contributed by atoms with Crippen LogP contribution >= 0.6 is 0 Å². The number of primary amides is 1. The number of likely N-dealkylation sites (tertiary alicyclic amines) is 1. The van der Waals surface area contributed by atoms with Crippen molar-refractivity contribution in [2.75, 3.05) is 33.4 Å². The maximum atomic E-state index is 11.6. The van der Waals surface area contributed by atoms with Crippen LogP contribution in [-0.4, -0.2) is 55.2 Å². The molecule has 3 aliphatic rings. The summed E-state index contributed by atoms with van der Waals surface area (Å²) in [5.41, 5.74) is 6.49. The summed E-state index contributed by atoms with van der Waals surface area (Å²) < 4.78 is 12.0. The Bertz CT molecular complexity index is 645. The van der Waals surface area contributed by atoms with Crippen LogP contribution in [0.5, 0.6) is 0 Å². The molecule has 1 amide bonds. The van der Waals surface area contributed by atoms with Crippen molar-refractivity contribution in [1.82, 2.24) is 9.88 Å². The van der Waals surface area contributed by atoms with Crippen LogP contribution in [0.2, 0.25) is 0 Å². The van der Waals surface area contributed by atoms with Crippen molar-refractivity contribution in [3.8, 4) is 0 Å². The third-order valence-corrected chi connectivity index (χ3v) is 6.68. The van der Waals surface area contributed by atoms with E-state index in [1.807, 2.05) is 19.2 Å². The van der Waals surface area contributed by atoms with E-state index in [1.165, 1.54) is 12.8 Å². The lowest BCUT2D eigenvalue weighted by Crippen LogP contribution is -2.61. The van der Waals surface area contributed by atoms with Crippen molar-refractivity contribution in [2.24, 2.45) is 17.6 Å². The standard InChI is InChI=1S/C20H29N3O3/c1-25-20(14-7-8-22-18(10-14)19(21)24)15-4-2-5-16(20)12-23(11-15)17-6-3-9-26-13-17/h7-8,10,15-17H,2-6,9,11-13H2,1H3,(H2,21,24)/t15-,16+,17-,20+/m0/s1. The average Bonchev–Trinajstić information content (AvgIpc) is 2.67. The molecule has 2 saturated heterocycles. The van der Waals surface area contributed by atoms with Gasteiger partial charge in [-0.3, -0.25) is 14.7 Å². The van der Waals surface area contributed by atoms with Crippen LogP contribution in [-0.2, 0) is 15.1 Å². The molecular formula is C20H29N3O3. The fraction of sp³-hybridized carbons (Fsp3) is 0.700. The molecule has 3 heterocycles. The van der Waals surface area contributed by atoms with Gasteiger partial charge in [-0.25, -0.2) is 0 Å². The highest BCUT2D eigenvalue weighted by molar-refractivity contribution is 5.90. The van der Waals surface area contributed by atoms with E-state index in [2.05, 4.69) is 9.88 Å². The van der Waals surface area contributed by atoms with Gasteiger partial charge in [0.25, 0.3) is 5.91 Å². The molecule has 0 spiro atoms. The fourth-order valence-corrected chi connectivity index (χ4v) is 5.51. The van der Waals surface area contributed by atoms with Crippen LogP contribution in [0.1, 0.15) is 48.2 Å². The van der Waals surface area contributed by atoms with E-state index in [9.17, 15) is 4.79 Å². The Morgan fingerprint density at radius 3 is 2.69 bits per heavy atom. The predicted octanol–water partition coefficient (Wildman–Crippen LogP) is 1.93. The molecule has 0 unspecified atom stereocenters. The molecule has 1 aromatic heterocycles. The van der Waals surface area contributed by atoms with Crippen LogP contribution in [0, 0.1) is 11.8 Å². The Hall–Kier alpha value is -1.50. The SMILES string of the molecule is CO[C@@]1(c2ccnc(C(N)=O)c2)[C@@H]2CCC[C@H]1CN([C@H]1CCCOC1)C2. The summed E-state index contributed by atoms with van der Waals surface area (Å²) in [4.78, 5) is 18.4. The summed E-state index contributed by atoms with van der Waals surface area (Å²) in [6.45, 7) is 3.78. The largest absolute Gasteiger partial charge is 0.380 e. The van der Waals surface area contributed by atoms with Gasteiger partial charge in [0.05, 0.1) is 6.61 Å². The highest BCUT2D eigenvalue weighted by Crippen LogP contribution is 2.52. The van der Waals surface area contributed by atoms with Gasteiger partial charge in [0, 0.05) is 50.9 Å². The molecule has 0 aromatic carbocycles. The van der Waals surface area contributed by atoms with E-state index in [-0.39, 0.29) is 5.60 Å². The number of ether oxygens (including phenoxy) is 2. The van der Waals surface area contributed by atoms with E-state index in [4.69, 9.17) is 15.2 Å². The van der Waals surface area contributed by atoms with Gasteiger partial charge in [-0.1, -0.05) is 6.42 Å². The Morgan fingerprint density at radius 1 is 1.31 bits per heavy atom. The molecule has 1 saturated carbocycles. The van der Waals surface area contributed by atoms with Gasteiger partial charge in [-0.15, -0.1) is 0 Å². The number of amides is 1. The third kappa shape index (κ3) is 2.94. The molecule has 2 aliphatic heterocycles. The van der Waals surface area contributed by atoms with Crippen molar-refractivity contribution in [3.63, 3.8) is 0 Å². The number of methoxy groups -OCH3 is 1. The molecule has 2 N–H and O–H groups in total. The molecule has 1 aliphatic carbocycles. The van der Waals surface area contributed by atoms with Gasteiger partial charge < -0.3 is 15.2 Å². The number of aromatic nitrogens is 1. The molecule has 3 fully saturated rings. The molecule has 6 nitrogen and oxygen atoms in total. The first-order valence-corrected chi connectivity index (χ1v) is 9.78. The lowest BCUT2D eigenvalue weighted by Gasteiger charge is -2.57. The summed E-state index contributed by atoms with van der Waals surface area (Å²) in [7, 11) is 1.81. The number of pyridine rings is 1. The summed E-state index contributed by atoms with van der Waals surface area (Å²) in [6.07, 6.45) is 7.58. The minimum atomic E-state index is -0.486. The number of carbonyl (C=O) groups is 1. The van der Waals surface area contributed by atoms with Crippen LogP contribution in [0.3, 0.4) is 0 Å². The van der Waals surface area contributed by atoms with Crippen molar-refractivity contribution in [2.45, 2.75) is 43.7 Å². The zero-order valence-electron chi connectivity index (χ0n) is 15.5. The number of nitrogens with zero attached hydrogens (tertiary/aromatic N) is 2. The van der Waals surface area contributed by atoms with Gasteiger partial charge in [0.1, 0.15) is 11.3 Å². The number of rotatable bonds is 4. The molecule has 26 heavy (non-hydrogen) atoms. The third-order valence-electron chi connectivity index (χ3n) is 6.68. The van der Waals surface area contributed by atoms with Crippen molar-refractivity contribution in [3.05, 3.63) is 29.6 Å². The van der Waals surface area contributed by atoms with Crippen LogP contribution < -0.4 is 5.73 Å². The van der Waals surface area contributed by atoms with E-state index >= 15 is 0 Å². The fourth-order valence-electron chi connectivity index (χ4n) is 5.51. The first-order valence-electron chi connectivity index (χ1n) is 9.78. The van der Waals surface area contributed by atoms with Gasteiger partial charge in [-0.05, 0) is 43.4 Å². The number of fused-ring (bicyclic) bond motifs is 2. The lowest BCUT2D eigenvalue weighted by molar-refractivity contribution is -0.179. The molecule has 1 aromatic rings. The first-order chi connectivity index (χ1) is 12.6. The molecule has 4 rings (SSSR count). The second-order valence-corrected chi connectivity index (χ2v) is 7.94. The molecule has 142 valence electrons. The second kappa shape index (κ2) is 7.25. The summed E-state index contributed by atoms with van der Waals surface area (Å²) in [5, 5.41) is 0. The molecule has 6 heteroatoms. The Labute approximate surface area is 155 Å². The van der Waals surface area contributed by atoms with E-state index in [0.717, 1.165) is 51.1 Å². The zero-order chi connectivity index (χ0) is 18.1. The van der Waals surface area contributed by atoms with Crippen molar-refractivity contribution >= 4 is 5.91 Å². The smallest absolute Gasteiger partial charge is 0.267 e. The lowest BCUT2D eigenvalue weighted by atomic mass is 9.62. The zero-order valence-corrected chi connectivity index (χ0v) is 15.5. The van der Waals surface area contributed by atoms with Gasteiger partial charge in [-0.2, -0.15) is 0 Å². The molecule has 4 atom stereocenters. The van der Waals surface area contributed by atoms with Crippen LogP contribution in [0.4, 0.5) is 0 Å². The van der Waals surface area contributed by atoms with Gasteiger partial charge in [0.2, 0.25) is 0 Å². The predicted molar refractivity (Wildman–Crippen MR) is 97.7 cm³/mol. The van der Waals surface area contributed by atoms with E-state index in [0.29, 0.717) is 23.6 Å². The van der Waals surface area contributed by atoms with Gasteiger partial charge in [0.15, 0.2) is 0 Å². The first kappa shape index (κ1) is 17.9. The maximum absolute atomic E-state index is 11.6. The number of piperidine rings is 1. The van der Waals surface area contributed by atoms with Crippen molar-refractivity contribution in [1.29, 1.82) is 0 Å². The normalized spacial score (nSPS) is 35.2. The monoisotopic (exact) mass is 359 g/mol. The minimum absolute atomic E-state index is 0.320. The van der Waals surface area contributed by atoms with Gasteiger partial charge >= 0.3 is 0 Å². The molecule has 0 radical (unpaired) electrons. The number of nitrogens with two attached hydrogens (primary N) is 1. The number of hydrogen-bond donors (Lipinski definition) is 1. The summed E-state index contributed by atoms with van der Waals surface area (Å²) in [6, 6.07) is 4.37. The van der Waals surface area contributed by atoms with Crippen LogP contribution in [0.15, 0.2) is 18.3 Å². The Balaban J connectivity index is 1.66. The summed E-state index contributed by atoms with van der Waals surface area (Å²) >= 11 is 0. The van der Waals surface area contributed by atoms with E-state index in [1.54, 1.807) is 6.20 Å². The highest BCUT2D eigenvalue weighted by Gasteiger charge is 2.54. The number of hydrogen-bond acceptors (Lipinski definition) is 5. The summed E-state index contributed by atoms with van der Waals surface area (Å²) in [5.74, 6) is 0.329. The van der Waals surface area contributed by atoms with Crippen LogP contribution in [0.25, 0.3) is 0 Å². The second-order valence-electron chi connectivity index (χ2n) is 7.94. The Kier molecular flexibility index (Phi) is 4.99.